The Kier molecular flexibility index (Phi) is 4.34. The molecule has 0 amide bonds. The van der Waals surface area contributed by atoms with E-state index in [1.54, 1.807) is 7.11 Å². The molecule has 1 unspecified atom stereocenters. The first kappa shape index (κ1) is 14.3. The predicted molar refractivity (Wildman–Crippen MR) is 88.2 cm³/mol. The highest BCUT2D eigenvalue weighted by atomic mass is 79.9. The fourth-order valence-corrected chi connectivity index (χ4v) is 2.95. The molecule has 110 valence electrons. The van der Waals surface area contributed by atoms with Crippen molar-refractivity contribution in [2.45, 2.75) is 18.9 Å². The second-order valence-corrected chi connectivity index (χ2v) is 6.02. The van der Waals surface area contributed by atoms with E-state index in [9.17, 15) is 0 Å². The molecule has 21 heavy (non-hydrogen) atoms. The zero-order valence-corrected chi connectivity index (χ0v) is 13.5. The lowest BCUT2D eigenvalue weighted by Gasteiger charge is -2.20. The number of nitrogens with one attached hydrogen (secondary N) is 1. The Balaban J connectivity index is 1.88. The normalized spacial score (nSPS) is 17.3. The Morgan fingerprint density at radius 1 is 1.24 bits per heavy atom. The summed E-state index contributed by atoms with van der Waals surface area (Å²) in [7, 11) is 1.69. The molecule has 3 nitrogen and oxygen atoms in total. The van der Waals surface area contributed by atoms with E-state index in [1.807, 2.05) is 24.3 Å². The molecule has 0 saturated heterocycles. The van der Waals surface area contributed by atoms with Crippen LogP contribution in [0.2, 0.25) is 0 Å². The molecule has 0 fully saturated rings. The van der Waals surface area contributed by atoms with Crippen LogP contribution in [0, 0.1) is 0 Å². The third-order valence-electron chi connectivity index (χ3n) is 3.66. The highest BCUT2D eigenvalue weighted by molar-refractivity contribution is 9.10. The van der Waals surface area contributed by atoms with Gasteiger partial charge in [0.25, 0.3) is 0 Å². The number of hydrogen-bond donors (Lipinski definition) is 1. The van der Waals surface area contributed by atoms with Crippen LogP contribution in [-0.4, -0.2) is 13.7 Å². The number of rotatable bonds is 3. The summed E-state index contributed by atoms with van der Waals surface area (Å²) in [5.41, 5.74) is 2.27. The average molecular weight is 348 g/mol. The summed E-state index contributed by atoms with van der Waals surface area (Å²) in [6, 6.07) is 14.5. The fraction of sp³-hybridized carbons (Fsp3) is 0.294. The van der Waals surface area contributed by atoms with Crippen molar-refractivity contribution in [3.8, 4) is 11.5 Å². The molecular weight excluding hydrogens is 330 g/mol. The minimum Gasteiger partial charge on any atom is -0.497 e. The average Bonchev–Trinajstić information content (AvgIpc) is 2.69. The third kappa shape index (κ3) is 3.32. The standard InChI is InChI=1S/C17H18BrNO2/c1-20-14-5-2-4-13(11-14)19-16-6-3-9-21-17-10-12(18)7-8-15(16)17/h2,4-5,7-8,10-11,16,19H,3,6,9H2,1H3. The van der Waals surface area contributed by atoms with Crippen molar-refractivity contribution in [2.24, 2.45) is 0 Å². The molecule has 1 heterocycles. The maximum absolute atomic E-state index is 5.85. The molecular formula is C17H18BrNO2. The maximum Gasteiger partial charge on any atom is 0.125 e. The summed E-state index contributed by atoms with van der Waals surface area (Å²) in [6.07, 6.45) is 2.08. The first-order valence-electron chi connectivity index (χ1n) is 7.09. The van der Waals surface area contributed by atoms with E-state index in [4.69, 9.17) is 9.47 Å². The molecule has 0 saturated carbocycles. The van der Waals surface area contributed by atoms with E-state index >= 15 is 0 Å². The van der Waals surface area contributed by atoms with Crippen LogP contribution in [0.1, 0.15) is 24.4 Å². The predicted octanol–water partition coefficient (Wildman–Crippen LogP) is 4.78. The number of halogens is 1. The number of hydrogen-bond acceptors (Lipinski definition) is 3. The highest BCUT2D eigenvalue weighted by Crippen LogP contribution is 2.36. The van der Waals surface area contributed by atoms with Crippen LogP contribution in [-0.2, 0) is 0 Å². The van der Waals surface area contributed by atoms with Crippen molar-refractivity contribution in [3.63, 3.8) is 0 Å². The molecule has 0 bridgehead atoms. The zero-order chi connectivity index (χ0) is 14.7. The topological polar surface area (TPSA) is 30.5 Å². The Morgan fingerprint density at radius 3 is 3.00 bits per heavy atom. The number of benzene rings is 2. The number of ether oxygens (including phenoxy) is 2. The van der Waals surface area contributed by atoms with Crippen LogP contribution >= 0.6 is 15.9 Å². The minimum absolute atomic E-state index is 0.253. The molecule has 2 aromatic rings. The lowest BCUT2D eigenvalue weighted by molar-refractivity contribution is 0.316. The van der Waals surface area contributed by atoms with Gasteiger partial charge in [-0.1, -0.05) is 28.1 Å². The molecule has 1 aliphatic rings. The molecule has 1 N–H and O–H groups in total. The van der Waals surface area contributed by atoms with E-state index in [1.165, 1.54) is 5.56 Å². The van der Waals surface area contributed by atoms with Crippen LogP contribution in [0.15, 0.2) is 46.9 Å². The van der Waals surface area contributed by atoms with Gasteiger partial charge in [-0.3, -0.25) is 0 Å². The lowest BCUT2D eigenvalue weighted by Crippen LogP contribution is -2.10. The van der Waals surface area contributed by atoms with Crippen molar-refractivity contribution in [1.29, 1.82) is 0 Å². The Hall–Kier alpha value is -1.68. The van der Waals surface area contributed by atoms with Crippen molar-refractivity contribution in [1.82, 2.24) is 0 Å². The summed E-state index contributed by atoms with van der Waals surface area (Å²) in [5.74, 6) is 1.82. The maximum atomic E-state index is 5.85. The van der Waals surface area contributed by atoms with Gasteiger partial charge in [0.2, 0.25) is 0 Å². The second kappa shape index (κ2) is 6.39. The van der Waals surface area contributed by atoms with Gasteiger partial charge in [-0.05, 0) is 37.1 Å². The Morgan fingerprint density at radius 2 is 2.14 bits per heavy atom. The summed E-state index contributed by atoms with van der Waals surface area (Å²) in [4.78, 5) is 0. The number of methoxy groups -OCH3 is 1. The summed E-state index contributed by atoms with van der Waals surface area (Å²) in [6.45, 7) is 0.764. The van der Waals surface area contributed by atoms with E-state index in [-0.39, 0.29) is 6.04 Å². The largest absolute Gasteiger partial charge is 0.497 e. The van der Waals surface area contributed by atoms with E-state index in [0.717, 1.165) is 41.1 Å². The first-order valence-corrected chi connectivity index (χ1v) is 7.88. The lowest BCUT2D eigenvalue weighted by atomic mass is 10.0. The molecule has 2 aromatic carbocycles. The van der Waals surface area contributed by atoms with Gasteiger partial charge < -0.3 is 14.8 Å². The van der Waals surface area contributed by atoms with Gasteiger partial charge >= 0.3 is 0 Å². The number of fused-ring (bicyclic) bond motifs is 1. The van der Waals surface area contributed by atoms with Gasteiger partial charge in [0.1, 0.15) is 11.5 Å². The summed E-state index contributed by atoms with van der Waals surface area (Å²) in [5, 5.41) is 3.60. The second-order valence-electron chi connectivity index (χ2n) is 5.10. The molecule has 0 spiro atoms. The van der Waals surface area contributed by atoms with Crippen LogP contribution < -0.4 is 14.8 Å². The fourth-order valence-electron chi connectivity index (χ4n) is 2.61. The van der Waals surface area contributed by atoms with Crippen LogP contribution in [0.5, 0.6) is 11.5 Å². The van der Waals surface area contributed by atoms with Crippen molar-refractivity contribution in [3.05, 3.63) is 52.5 Å². The van der Waals surface area contributed by atoms with Crippen LogP contribution in [0.25, 0.3) is 0 Å². The molecule has 1 aliphatic heterocycles. The van der Waals surface area contributed by atoms with Gasteiger partial charge in [-0.2, -0.15) is 0 Å². The van der Waals surface area contributed by atoms with Crippen molar-refractivity contribution in [2.75, 3.05) is 19.0 Å². The molecule has 0 radical (unpaired) electrons. The van der Waals surface area contributed by atoms with E-state index in [0.29, 0.717) is 0 Å². The molecule has 0 aliphatic carbocycles. The molecule has 0 aromatic heterocycles. The highest BCUT2D eigenvalue weighted by Gasteiger charge is 2.20. The summed E-state index contributed by atoms with van der Waals surface area (Å²) < 4.78 is 12.2. The Labute approximate surface area is 133 Å². The first-order chi connectivity index (χ1) is 10.3. The zero-order valence-electron chi connectivity index (χ0n) is 11.9. The Bertz CT molecular complexity index is 630. The van der Waals surface area contributed by atoms with Crippen molar-refractivity contribution >= 4 is 21.6 Å². The summed E-state index contributed by atoms with van der Waals surface area (Å²) >= 11 is 3.50. The monoisotopic (exact) mass is 347 g/mol. The molecule has 4 heteroatoms. The number of anilines is 1. The van der Waals surface area contributed by atoms with Gasteiger partial charge in [0, 0.05) is 21.8 Å². The van der Waals surface area contributed by atoms with Gasteiger partial charge in [-0.25, -0.2) is 0 Å². The SMILES string of the molecule is COc1cccc(NC2CCCOc3cc(Br)ccc32)c1. The smallest absolute Gasteiger partial charge is 0.125 e. The van der Waals surface area contributed by atoms with Gasteiger partial charge in [0.05, 0.1) is 19.8 Å². The van der Waals surface area contributed by atoms with E-state index < -0.39 is 0 Å². The van der Waals surface area contributed by atoms with Gasteiger partial charge in [0.15, 0.2) is 0 Å². The minimum atomic E-state index is 0.253. The van der Waals surface area contributed by atoms with Crippen molar-refractivity contribution < 1.29 is 9.47 Å². The van der Waals surface area contributed by atoms with Crippen LogP contribution in [0.4, 0.5) is 5.69 Å². The molecule has 1 atom stereocenters. The molecule has 3 rings (SSSR count). The quantitative estimate of drug-likeness (QED) is 0.866. The van der Waals surface area contributed by atoms with Crippen LogP contribution in [0.3, 0.4) is 0 Å². The van der Waals surface area contributed by atoms with E-state index in [2.05, 4.69) is 39.4 Å². The third-order valence-corrected chi connectivity index (χ3v) is 4.15. The van der Waals surface area contributed by atoms with Gasteiger partial charge in [-0.15, -0.1) is 0 Å².